The number of ether oxygens (including phenoxy) is 4. The molecule has 14 nitrogen and oxygen atoms in total. The van der Waals surface area contributed by atoms with Crippen molar-refractivity contribution in [3.63, 3.8) is 0 Å². The first-order valence-electron chi connectivity index (χ1n) is 30.4. The van der Waals surface area contributed by atoms with Gasteiger partial charge in [-0.15, -0.1) is 0 Å². The zero-order valence-electron chi connectivity index (χ0n) is 49.6. The van der Waals surface area contributed by atoms with Gasteiger partial charge in [-0.25, -0.2) is 0 Å². The molecule has 0 unspecified atom stereocenters. The predicted octanol–water partition coefficient (Wildman–Crippen LogP) is 10.4. The van der Waals surface area contributed by atoms with Crippen LogP contribution in [0.4, 0.5) is 11.4 Å². The van der Waals surface area contributed by atoms with Crippen molar-refractivity contribution < 1.29 is 58.6 Å². The van der Waals surface area contributed by atoms with E-state index >= 15 is 0 Å². The second kappa shape index (κ2) is 21.1. The molecule has 86 heavy (non-hydrogen) atoms. The Bertz CT molecular complexity index is 3300. The van der Waals surface area contributed by atoms with E-state index in [1.165, 1.54) is 0 Å². The van der Waals surface area contributed by atoms with Crippen molar-refractivity contribution >= 4 is 58.0 Å². The number of nitrogen functional groups attached to an aromatic ring is 2. The van der Waals surface area contributed by atoms with E-state index < -0.39 is 93.6 Å². The Hall–Kier alpha value is -5.50. The maximum absolute atomic E-state index is 13.9. The van der Waals surface area contributed by atoms with Crippen LogP contribution in [0.3, 0.4) is 0 Å². The molecule has 4 aromatic carbocycles. The number of aliphatic hydroxyl groups is 4. The first-order valence-corrected chi connectivity index (χ1v) is 32.1. The zero-order valence-corrected chi connectivity index (χ0v) is 51.2. The van der Waals surface area contributed by atoms with Crippen LogP contribution in [0.1, 0.15) is 104 Å². The lowest BCUT2D eigenvalue weighted by molar-refractivity contribution is -0.237. The van der Waals surface area contributed by atoms with E-state index in [0.29, 0.717) is 25.7 Å². The number of ketones is 4. The van der Waals surface area contributed by atoms with Crippen LogP contribution in [0.25, 0.3) is 0 Å². The maximum atomic E-state index is 13.9. The van der Waals surface area contributed by atoms with E-state index in [1.54, 1.807) is 47.8 Å². The number of rotatable bonds is 10. The summed E-state index contributed by atoms with van der Waals surface area (Å²) < 4.78 is 27.3. The van der Waals surface area contributed by atoms with E-state index in [9.17, 15) is 39.6 Å². The van der Waals surface area contributed by atoms with Crippen molar-refractivity contribution in [2.75, 3.05) is 24.7 Å². The number of fused-ring (bicyclic) bond motifs is 14. The normalized spacial score (nSPS) is 41.2. The average molecular weight is 1200 g/mol. The van der Waals surface area contributed by atoms with Crippen LogP contribution in [0, 0.1) is 57.2 Å². The van der Waals surface area contributed by atoms with Crippen molar-refractivity contribution in [1.82, 2.24) is 0 Å². The highest BCUT2D eigenvalue weighted by atomic mass is 32.2. The summed E-state index contributed by atoms with van der Waals surface area (Å²) in [6.07, 6.45) is 13.3. The Balaban J connectivity index is 0.000000160. The van der Waals surface area contributed by atoms with Gasteiger partial charge in [0.05, 0.1) is 24.4 Å². The number of aliphatic hydroxyl groups excluding tert-OH is 4. The lowest BCUT2D eigenvalue weighted by Gasteiger charge is -2.60. The monoisotopic (exact) mass is 1200 g/mol. The third-order valence-corrected chi connectivity index (χ3v) is 24.9. The van der Waals surface area contributed by atoms with Gasteiger partial charge in [-0.2, -0.15) is 0 Å². The molecular weight excluding hydrogens is 1120 g/mol. The number of nitrogens with two attached hydrogens (primary N) is 2. The molecule has 0 aromatic heterocycles. The topological polar surface area (TPSA) is 238 Å². The number of benzene rings is 4. The van der Waals surface area contributed by atoms with Gasteiger partial charge in [-0.05, 0) is 186 Å². The molecule has 0 bridgehead atoms. The SMILES string of the molecule is C[C@@]1(c2ccc(Sc3ccc(N)cc3)cc2)O[C@@H]2C[C@H]3[C@@H]4CCC5=CC(=O)C=C[C@]5(C)[C@H]4[C@@H](O)C[C@]3(C)[C@]2(C(=O)CO)O1.C[C@]1(c2ccc(Sc3ccc(N)cc3)cc2)O[C@@H]2C[C@H]3[C@@H]4CCC5=CC(=O)C=C[C@]5(C)[C@H]4[C@@H](O)C[C@]3(C)[C@]2(C(=O)CO)O1. The second-order valence-corrected chi connectivity index (χ2v) is 29.5. The lowest BCUT2D eigenvalue weighted by Crippen LogP contribution is -2.63. The number of hydrogen-bond acceptors (Lipinski definition) is 16. The van der Waals surface area contributed by atoms with Gasteiger partial charge in [0, 0.05) is 75.6 Å². The minimum absolute atomic E-state index is 0.00178. The molecule has 4 aromatic rings. The molecule has 0 spiro atoms. The summed E-state index contributed by atoms with van der Waals surface area (Å²) in [5.74, 6) is -2.99. The standard InChI is InChI=1S/2C35H39NO6S/c2*1-32-15-14-23(38)16-21(32)6-13-26-27-17-30-35(29(40)19-37,33(27,2)18-28(39)31(26)32)42-34(3,41-30)20-4-9-24(10-5-20)43-25-11-7-22(36)8-12-25/h2*4-5,7-12,14-16,26-28,30-31,37,39H,6,13,17-19,36H2,1-3H3/t26-,27-,28-,30+,31+,32-,33-,34+,35+;26-,27-,28-,30+,31+,32-,33-,34-,35+/m00/s1. The Morgan fingerprint density at radius 1 is 0.535 bits per heavy atom. The molecule has 0 amide bonds. The highest BCUT2D eigenvalue weighted by Gasteiger charge is 2.79. The molecule has 14 rings (SSSR count). The average Bonchev–Trinajstić information content (AvgIpc) is 1.49. The molecule has 452 valence electrons. The van der Waals surface area contributed by atoms with E-state index in [2.05, 4.69) is 27.7 Å². The van der Waals surface area contributed by atoms with Gasteiger partial charge in [-0.3, -0.25) is 19.2 Å². The smallest absolute Gasteiger partial charge is 0.193 e. The molecule has 0 radical (unpaired) electrons. The Kier molecular flexibility index (Phi) is 14.6. The first kappa shape index (κ1) is 59.5. The summed E-state index contributed by atoms with van der Waals surface area (Å²) >= 11 is 3.25. The first-order chi connectivity index (χ1) is 40.9. The molecule has 16 heteroatoms. The molecule has 8 fully saturated rings. The van der Waals surface area contributed by atoms with Crippen molar-refractivity contribution in [2.45, 2.75) is 160 Å². The Morgan fingerprint density at radius 2 is 0.872 bits per heavy atom. The summed E-state index contributed by atoms with van der Waals surface area (Å²) in [6.45, 7) is 10.8. The molecule has 6 saturated carbocycles. The van der Waals surface area contributed by atoms with Crippen LogP contribution in [-0.4, -0.2) is 92.4 Å². The molecular formula is C70H78N2O12S2. The van der Waals surface area contributed by atoms with Crippen LogP contribution < -0.4 is 11.5 Å². The van der Waals surface area contributed by atoms with Crippen molar-refractivity contribution in [2.24, 2.45) is 57.2 Å². The van der Waals surface area contributed by atoms with Crippen molar-refractivity contribution in [3.8, 4) is 0 Å². The van der Waals surface area contributed by atoms with Gasteiger partial charge in [0.1, 0.15) is 13.2 Å². The van der Waals surface area contributed by atoms with Crippen LogP contribution in [0.5, 0.6) is 0 Å². The number of carbonyl (C=O) groups excluding carboxylic acids is 4. The third-order valence-electron chi connectivity index (χ3n) is 22.9. The molecule has 2 heterocycles. The lowest BCUT2D eigenvalue weighted by atomic mass is 9.46. The quantitative estimate of drug-likeness (QED) is 0.0810. The largest absolute Gasteiger partial charge is 0.399 e. The van der Waals surface area contributed by atoms with E-state index in [-0.39, 0.29) is 47.1 Å². The van der Waals surface area contributed by atoms with E-state index in [1.807, 2.05) is 123 Å². The summed E-state index contributed by atoms with van der Waals surface area (Å²) in [7, 11) is 0. The summed E-state index contributed by atoms with van der Waals surface area (Å²) in [5.41, 5.74) is 11.8. The van der Waals surface area contributed by atoms with Gasteiger partial charge in [0.15, 0.2) is 45.9 Å². The molecule has 2 saturated heterocycles. The maximum Gasteiger partial charge on any atom is 0.193 e. The number of anilines is 2. The molecule has 8 aliphatic carbocycles. The molecule has 10 aliphatic rings. The molecule has 8 N–H and O–H groups in total. The van der Waals surface area contributed by atoms with Gasteiger partial charge >= 0.3 is 0 Å². The van der Waals surface area contributed by atoms with E-state index in [0.717, 1.165) is 78.9 Å². The minimum Gasteiger partial charge on any atom is -0.399 e. The number of Topliss-reactive ketones (excluding diaryl/α,β-unsaturated/α-hetero) is 2. The van der Waals surface area contributed by atoms with Gasteiger partial charge in [0.25, 0.3) is 0 Å². The molecule has 2 aliphatic heterocycles. The highest BCUT2D eigenvalue weighted by Crippen LogP contribution is 2.73. The number of allylic oxidation sites excluding steroid dienone is 8. The van der Waals surface area contributed by atoms with Gasteiger partial charge in [0.2, 0.25) is 0 Å². The predicted molar refractivity (Wildman–Crippen MR) is 326 cm³/mol. The fraction of sp³-hybridized carbons (Fsp3) is 0.486. The number of hydrogen-bond donors (Lipinski definition) is 6. The molecule has 18 atom stereocenters. The number of carbonyl (C=O) groups is 4. The fourth-order valence-corrected chi connectivity index (χ4v) is 20.7. The summed E-state index contributed by atoms with van der Waals surface area (Å²) in [6, 6.07) is 31.4. The zero-order chi connectivity index (χ0) is 60.7. The van der Waals surface area contributed by atoms with Crippen LogP contribution >= 0.6 is 23.5 Å². The van der Waals surface area contributed by atoms with Crippen LogP contribution in [-0.2, 0) is 49.7 Å². The van der Waals surface area contributed by atoms with Crippen LogP contribution in [0.15, 0.2) is 164 Å². The Labute approximate surface area is 511 Å². The van der Waals surface area contributed by atoms with Gasteiger partial charge < -0.3 is 50.8 Å². The fourth-order valence-electron chi connectivity index (χ4n) is 19.0. The van der Waals surface area contributed by atoms with Crippen molar-refractivity contribution in [3.05, 3.63) is 156 Å². The Morgan fingerprint density at radius 3 is 1.21 bits per heavy atom. The summed E-state index contributed by atoms with van der Waals surface area (Å²) in [5, 5.41) is 44.3. The van der Waals surface area contributed by atoms with Crippen LogP contribution in [0.2, 0.25) is 0 Å². The van der Waals surface area contributed by atoms with E-state index in [4.69, 9.17) is 30.4 Å². The second-order valence-electron chi connectivity index (χ2n) is 27.2. The third kappa shape index (κ3) is 8.87. The van der Waals surface area contributed by atoms with Crippen molar-refractivity contribution in [1.29, 1.82) is 0 Å². The van der Waals surface area contributed by atoms with Gasteiger partial charge in [-0.1, -0.05) is 98.8 Å². The summed E-state index contributed by atoms with van der Waals surface area (Å²) in [4.78, 5) is 56.3. The highest BCUT2D eigenvalue weighted by molar-refractivity contribution is 7.99. The minimum atomic E-state index is -1.39.